The fourth-order valence-electron chi connectivity index (χ4n) is 3.72. The van der Waals surface area contributed by atoms with Crippen LogP contribution in [0.4, 0.5) is 5.69 Å². The van der Waals surface area contributed by atoms with E-state index < -0.39 is 0 Å². The lowest BCUT2D eigenvalue weighted by atomic mass is 9.79. The van der Waals surface area contributed by atoms with Crippen LogP contribution in [0.2, 0.25) is 0 Å². The van der Waals surface area contributed by atoms with Gasteiger partial charge in [-0.2, -0.15) is 0 Å². The predicted octanol–water partition coefficient (Wildman–Crippen LogP) is 3.92. The third-order valence-corrected chi connectivity index (χ3v) is 4.60. The number of nitrogens with one attached hydrogen (secondary N) is 1. The van der Waals surface area contributed by atoms with Crippen LogP contribution in [0.15, 0.2) is 12.1 Å². The van der Waals surface area contributed by atoms with Gasteiger partial charge in [0.2, 0.25) is 0 Å². The fourth-order valence-corrected chi connectivity index (χ4v) is 3.72. The summed E-state index contributed by atoms with van der Waals surface area (Å²) in [6.45, 7) is 11.3. The molecule has 21 heavy (non-hydrogen) atoms. The zero-order chi connectivity index (χ0) is 15.6. The van der Waals surface area contributed by atoms with Crippen molar-refractivity contribution in [2.75, 3.05) is 25.6 Å². The molecule has 1 aromatic carbocycles. The molecule has 0 saturated heterocycles. The van der Waals surface area contributed by atoms with E-state index in [0.717, 1.165) is 25.3 Å². The Balaban J connectivity index is 2.55. The molecule has 2 rings (SSSR count). The normalized spacial score (nSPS) is 20.3. The van der Waals surface area contributed by atoms with Crippen molar-refractivity contribution in [1.29, 1.82) is 0 Å². The number of hydrogen-bond acceptors (Lipinski definition) is 3. The molecule has 1 atom stereocenters. The SMILES string of the molecule is CCCN1c2cc(OC)c(CNC)cc2C(C)CC1(C)C. The topological polar surface area (TPSA) is 24.5 Å². The highest BCUT2D eigenvalue weighted by Crippen LogP contribution is 2.45. The van der Waals surface area contributed by atoms with E-state index in [1.807, 2.05) is 7.05 Å². The summed E-state index contributed by atoms with van der Waals surface area (Å²) in [5, 5.41) is 3.24. The Hall–Kier alpha value is -1.22. The van der Waals surface area contributed by atoms with Gasteiger partial charge in [-0.1, -0.05) is 13.8 Å². The molecule has 1 aliphatic rings. The van der Waals surface area contributed by atoms with Crippen LogP contribution < -0.4 is 15.0 Å². The number of benzene rings is 1. The van der Waals surface area contributed by atoms with Crippen LogP contribution >= 0.6 is 0 Å². The van der Waals surface area contributed by atoms with Gasteiger partial charge in [0.25, 0.3) is 0 Å². The van der Waals surface area contributed by atoms with Crippen LogP contribution in [0.1, 0.15) is 57.6 Å². The largest absolute Gasteiger partial charge is 0.496 e. The first kappa shape index (κ1) is 16.2. The van der Waals surface area contributed by atoms with Gasteiger partial charge in [0, 0.05) is 35.9 Å². The maximum absolute atomic E-state index is 5.63. The first-order chi connectivity index (χ1) is 9.94. The second kappa shape index (κ2) is 6.27. The Labute approximate surface area is 129 Å². The standard InChI is InChI=1S/C18H30N2O/c1-7-8-20-16-10-17(21-6)14(12-19-5)9-15(16)13(2)11-18(20,3)4/h9-10,13,19H,7-8,11-12H2,1-6H3. The van der Waals surface area contributed by atoms with E-state index in [0.29, 0.717) is 5.92 Å². The van der Waals surface area contributed by atoms with Gasteiger partial charge in [0.15, 0.2) is 0 Å². The number of methoxy groups -OCH3 is 1. The third-order valence-electron chi connectivity index (χ3n) is 4.60. The lowest BCUT2D eigenvalue weighted by Crippen LogP contribution is -2.48. The quantitative estimate of drug-likeness (QED) is 0.889. The zero-order valence-electron chi connectivity index (χ0n) is 14.4. The van der Waals surface area contributed by atoms with Crippen molar-refractivity contribution >= 4 is 5.69 Å². The Morgan fingerprint density at radius 1 is 1.38 bits per heavy atom. The Morgan fingerprint density at radius 3 is 2.67 bits per heavy atom. The molecule has 3 nitrogen and oxygen atoms in total. The maximum Gasteiger partial charge on any atom is 0.125 e. The molecule has 0 amide bonds. The van der Waals surface area contributed by atoms with Gasteiger partial charge in [-0.25, -0.2) is 0 Å². The zero-order valence-corrected chi connectivity index (χ0v) is 14.4. The van der Waals surface area contributed by atoms with Crippen LogP contribution in [0.3, 0.4) is 0 Å². The fraction of sp³-hybridized carbons (Fsp3) is 0.667. The average Bonchev–Trinajstić information content (AvgIpc) is 2.43. The van der Waals surface area contributed by atoms with E-state index in [9.17, 15) is 0 Å². The van der Waals surface area contributed by atoms with Crippen LogP contribution in [-0.2, 0) is 6.54 Å². The van der Waals surface area contributed by atoms with Crippen molar-refractivity contribution in [1.82, 2.24) is 5.32 Å². The number of rotatable bonds is 5. The summed E-state index contributed by atoms with van der Waals surface area (Å²) >= 11 is 0. The second-order valence-corrected chi connectivity index (χ2v) is 6.82. The predicted molar refractivity (Wildman–Crippen MR) is 90.5 cm³/mol. The van der Waals surface area contributed by atoms with E-state index in [-0.39, 0.29) is 5.54 Å². The minimum Gasteiger partial charge on any atom is -0.496 e. The number of ether oxygens (including phenoxy) is 1. The van der Waals surface area contributed by atoms with Crippen LogP contribution in [0.25, 0.3) is 0 Å². The summed E-state index contributed by atoms with van der Waals surface area (Å²) in [6, 6.07) is 4.59. The van der Waals surface area contributed by atoms with Crippen molar-refractivity contribution < 1.29 is 4.74 Å². The minimum atomic E-state index is 0.206. The van der Waals surface area contributed by atoms with E-state index in [2.05, 4.69) is 50.0 Å². The molecule has 3 heteroatoms. The summed E-state index contributed by atoms with van der Waals surface area (Å²) in [5.41, 5.74) is 4.28. The maximum atomic E-state index is 5.63. The Kier molecular flexibility index (Phi) is 4.82. The highest BCUT2D eigenvalue weighted by atomic mass is 16.5. The molecule has 1 aromatic rings. The van der Waals surface area contributed by atoms with Gasteiger partial charge in [-0.15, -0.1) is 0 Å². The lowest BCUT2D eigenvalue weighted by molar-refractivity contribution is 0.371. The smallest absolute Gasteiger partial charge is 0.125 e. The van der Waals surface area contributed by atoms with Crippen LogP contribution in [0.5, 0.6) is 5.75 Å². The molecule has 1 aliphatic heterocycles. The highest BCUT2D eigenvalue weighted by molar-refractivity contribution is 5.64. The van der Waals surface area contributed by atoms with E-state index in [4.69, 9.17) is 4.74 Å². The summed E-state index contributed by atoms with van der Waals surface area (Å²) < 4.78 is 5.63. The molecule has 0 bridgehead atoms. The molecule has 118 valence electrons. The summed E-state index contributed by atoms with van der Waals surface area (Å²) in [5.74, 6) is 1.58. The summed E-state index contributed by atoms with van der Waals surface area (Å²) in [6.07, 6.45) is 2.36. The number of anilines is 1. The molecule has 1 N–H and O–H groups in total. The molecule has 0 aromatic heterocycles. The van der Waals surface area contributed by atoms with E-state index >= 15 is 0 Å². The summed E-state index contributed by atoms with van der Waals surface area (Å²) in [4.78, 5) is 2.56. The lowest BCUT2D eigenvalue weighted by Gasteiger charge is -2.48. The molecule has 0 radical (unpaired) electrons. The van der Waals surface area contributed by atoms with Crippen molar-refractivity contribution in [3.8, 4) is 5.75 Å². The summed E-state index contributed by atoms with van der Waals surface area (Å²) in [7, 11) is 3.75. The Bertz CT molecular complexity index is 496. The van der Waals surface area contributed by atoms with Gasteiger partial charge in [-0.3, -0.25) is 0 Å². The number of nitrogens with zero attached hydrogens (tertiary/aromatic N) is 1. The van der Waals surface area contributed by atoms with Gasteiger partial charge in [0.05, 0.1) is 7.11 Å². The van der Waals surface area contributed by atoms with Crippen LogP contribution in [-0.4, -0.2) is 26.2 Å². The third kappa shape index (κ3) is 3.03. The first-order valence-corrected chi connectivity index (χ1v) is 8.07. The molecule has 0 fully saturated rings. The molecule has 0 saturated carbocycles. The molecular weight excluding hydrogens is 260 g/mol. The van der Waals surface area contributed by atoms with Gasteiger partial charge in [0.1, 0.15) is 5.75 Å². The second-order valence-electron chi connectivity index (χ2n) is 6.82. The van der Waals surface area contributed by atoms with Gasteiger partial charge < -0.3 is 15.0 Å². The average molecular weight is 290 g/mol. The van der Waals surface area contributed by atoms with Gasteiger partial charge >= 0.3 is 0 Å². The number of fused-ring (bicyclic) bond motifs is 1. The van der Waals surface area contributed by atoms with Crippen molar-refractivity contribution in [3.05, 3.63) is 23.3 Å². The van der Waals surface area contributed by atoms with Crippen molar-refractivity contribution in [2.45, 2.75) is 58.5 Å². The van der Waals surface area contributed by atoms with E-state index in [1.165, 1.54) is 23.2 Å². The van der Waals surface area contributed by atoms with Gasteiger partial charge in [-0.05, 0) is 51.3 Å². The molecule has 0 spiro atoms. The molecule has 1 heterocycles. The molecule has 0 aliphatic carbocycles. The van der Waals surface area contributed by atoms with Crippen molar-refractivity contribution in [2.24, 2.45) is 0 Å². The minimum absolute atomic E-state index is 0.206. The highest BCUT2D eigenvalue weighted by Gasteiger charge is 2.36. The van der Waals surface area contributed by atoms with Crippen molar-refractivity contribution in [3.63, 3.8) is 0 Å². The van der Waals surface area contributed by atoms with E-state index in [1.54, 1.807) is 7.11 Å². The molecular formula is C18H30N2O. The molecule has 1 unspecified atom stereocenters. The van der Waals surface area contributed by atoms with Crippen LogP contribution in [0, 0.1) is 0 Å². The monoisotopic (exact) mass is 290 g/mol. The number of hydrogen-bond donors (Lipinski definition) is 1. The first-order valence-electron chi connectivity index (χ1n) is 8.07. The Morgan fingerprint density at radius 2 is 2.10 bits per heavy atom.